The van der Waals surface area contributed by atoms with Crippen molar-refractivity contribution in [3.05, 3.63) is 187 Å². The van der Waals surface area contributed by atoms with Gasteiger partial charge in [-0.15, -0.1) is 0 Å². The molecular formula is C54H34. The van der Waals surface area contributed by atoms with Crippen LogP contribution in [-0.2, 0) is 6.42 Å². The minimum atomic E-state index is 1.10. The average molecular weight is 683 g/mol. The number of hydrogen-bond acceptors (Lipinski definition) is 0. The monoisotopic (exact) mass is 682 g/mol. The molecule has 0 heterocycles. The maximum atomic E-state index is 2.43. The maximum Gasteiger partial charge on any atom is -0.00960 e. The van der Waals surface area contributed by atoms with E-state index in [1.165, 1.54) is 120 Å². The summed E-state index contributed by atoms with van der Waals surface area (Å²) in [7, 11) is 0. The molecule has 11 aromatic rings. The fourth-order valence-corrected chi connectivity index (χ4v) is 9.58. The van der Waals surface area contributed by atoms with Gasteiger partial charge in [-0.2, -0.15) is 0 Å². The zero-order valence-corrected chi connectivity index (χ0v) is 29.7. The molecule has 0 saturated heterocycles. The number of benzene rings is 11. The van der Waals surface area contributed by atoms with Gasteiger partial charge in [0.2, 0.25) is 0 Å². The van der Waals surface area contributed by atoms with Crippen molar-refractivity contribution in [3.8, 4) is 22.3 Å². The first-order chi connectivity index (χ1) is 26.7. The summed E-state index contributed by atoms with van der Waals surface area (Å²) in [5.74, 6) is 0. The summed E-state index contributed by atoms with van der Waals surface area (Å²) in [6.07, 6.45) is 6.86. The molecule has 0 aliphatic heterocycles. The van der Waals surface area contributed by atoms with E-state index in [0.29, 0.717) is 0 Å². The predicted molar refractivity (Wildman–Crippen MR) is 235 cm³/mol. The van der Waals surface area contributed by atoms with Crippen molar-refractivity contribution >= 4 is 92.3 Å². The van der Waals surface area contributed by atoms with Crippen LogP contribution in [0.25, 0.3) is 115 Å². The largest absolute Gasteiger partial charge is 0.0836 e. The van der Waals surface area contributed by atoms with Crippen LogP contribution in [0.2, 0.25) is 0 Å². The Morgan fingerprint density at radius 1 is 0.278 bits per heavy atom. The summed E-state index contributed by atoms with van der Waals surface area (Å²) in [5, 5.41) is 20.9. The molecule has 0 aromatic heterocycles. The molecule has 250 valence electrons. The van der Waals surface area contributed by atoms with Gasteiger partial charge >= 0.3 is 0 Å². The molecule has 0 saturated carbocycles. The highest BCUT2D eigenvalue weighted by Crippen LogP contribution is 2.41. The van der Waals surface area contributed by atoms with Gasteiger partial charge in [0.1, 0.15) is 0 Å². The lowest BCUT2D eigenvalue weighted by atomic mass is 9.85. The van der Waals surface area contributed by atoms with Crippen LogP contribution in [0.15, 0.2) is 176 Å². The zero-order chi connectivity index (χ0) is 35.3. The van der Waals surface area contributed by atoms with Crippen LogP contribution in [-0.4, -0.2) is 0 Å². The van der Waals surface area contributed by atoms with Crippen LogP contribution < -0.4 is 0 Å². The third kappa shape index (κ3) is 4.38. The van der Waals surface area contributed by atoms with E-state index < -0.39 is 0 Å². The van der Waals surface area contributed by atoms with Crippen molar-refractivity contribution < 1.29 is 0 Å². The Bertz CT molecular complexity index is 3430. The van der Waals surface area contributed by atoms with E-state index in [9.17, 15) is 0 Å². The van der Waals surface area contributed by atoms with Crippen molar-refractivity contribution in [2.45, 2.75) is 12.8 Å². The predicted octanol–water partition coefficient (Wildman–Crippen LogP) is 15.2. The van der Waals surface area contributed by atoms with Gasteiger partial charge in [-0.1, -0.05) is 158 Å². The van der Waals surface area contributed by atoms with E-state index in [1.807, 2.05) is 0 Å². The van der Waals surface area contributed by atoms with Crippen molar-refractivity contribution in [2.75, 3.05) is 0 Å². The van der Waals surface area contributed by atoms with Gasteiger partial charge in [-0.3, -0.25) is 0 Å². The molecule has 0 atom stereocenters. The van der Waals surface area contributed by atoms with E-state index in [0.717, 1.165) is 12.8 Å². The fraction of sp³-hybridized carbons (Fsp3) is 0.0370. The van der Waals surface area contributed by atoms with E-state index in [-0.39, 0.29) is 0 Å². The van der Waals surface area contributed by atoms with Crippen molar-refractivity contribution in [3.63, 3.8) is 0 Å². The SMILES string of the molecule is C1=Cc2c(c3ccc(-c4ccc5ccc6c7cc(-c8ccc9ccc%10c%11ccccc%11ccc%10c9c8)ccc7ccc6c5c4)cc3c3ccccc23)CC1. The molecule has 11 aromatic carbocycles. The molecule has 1 aliphatic carbocycles. The molecule has 0 amide bonds. The van der Waals surface area contributed by atoms with Crippen LogP contribution in [0.5, 0.6) is 0 Å². The lowest BCUT2D eigenvalue weighted by molar-refractivity contribution is 1.00. The zero-order valence-electron chi connectivity index (χ0n) is 29.7. The van der Waals surface area contributed by atoms with Gasteiger partial charge < -0.3 is 0 Å². The third-order valence-electron chi connectivity index (χ3n) is 12.3. The normalized spacial score (nSPS) is 13.0. The lowest BCUT2D eigenvalue weighted by Gasteiger charge is -2.18. The average Bonchev–Trinajstić information content (AvgIpc) is 3.25. The highest BCUT2D eigenvalue weighted by atomic mass is 14.2. The molecular weight excluding hydrogens is 649 g/mol. The van der Waals surface area contributed by atoms with Crippen LogP contribution >= 0.6 is 0 Å². The van der Waals surface area contributed by atoms with Crippen LogP contribution in [0.3, 0.4) is 0 Å². The lowest BCUT2D eigenvalue weighted by Crippen LogP contribution is -1.98. The van der Waals surface area contributed by atoms with Crippen LogP contribution in [0, 0.1) is 0 Å². The van der Waals surface area contributed by atoms with Gasteiger partial charge in [0.15, 0.2) is 0 Å². The smallest absolute Gasteiger partial charge is 0.00960 e. The number of allylic oxidation sites excluding steroid dienone is 1. The molecule has 0 radical (unpaired) electrons. The highest BCUT2D eigenvalue weighted by Gasteiger charge is 2.16. The summed E-state index contributed by atoms with van der Waals surface area (Å²) in [6.45, 7) is 0. The summed E-state index contributed by atoms with van der Waals surface area (Å²) < 4.78 is 0. The Balaban J connectivity index is 1.01. The van der Waals surface area contributed by atoms with Gasteiger partial charge in [0.05, 0.1) is 0 Å². The third-order valence-corrected chi connectivity index (χ3v) is 12.3. The van der Waals surface area contributed by atoms with Gasteiger partial charge in [-0.05, 0) is 157 Å². The van der Waals surface area contributed by atoms with Crippen LogP contribution in [0.1, 0.15) is 17.5 Å². The first-order valence-electron chi connectivity index (χ1n) is 19.1. The fourth-order valence-electron chi connectivity index (χ4n) is 9.58. The van der Waals surface area contributed by atoms with Gasteiger partial charge in [0.25, 0.3) is 0 Å². The molecule has 0 N–H and O–H groups in total. The first-order valence-corrected chi connectivity index (χ1v) is 19.1. The molecule has 0 fully saturated rings. The molecule has 1 aliphatic rings. The Kier molecular flexibility index (Phi) is 6.27. The topological polar surface area (TPSA) is 0 Å². The van der Waals surface area contributed by atoms with E-state index >= 15 is 0 Å². The summed E-state index contributed by atoms with van der Waals surface area (Å²) in [5.41, 5.74) is 7.88. The van der Waals surface area contributed by atoms with E-state index in [4.69, 9.17) is 0 Å². The molecule has 0 bridgehead atoms. The molecule has 0 spiro atoms. The Hall–Kier alpha value is -6.76. The Morgan fingerprint density at radius 2 is 0.667 bits per heavy atom. The number of rotatable bonds is 2. The van der Waals surface area contributed by atoms with E-state index in [2.05, 4.69) is 182 Å². The number of aryl methyl sites for hydroxylation is 1. The summed E-state index contributed by atoms with van der Waals surface area (Å²) in [6, 6.07) is 64.0. The van der Waals surface area contributed by atoms with Crippen molar-refractivity contribution in [1.82, 2.24) is 0 Å². The number of fused-ring (bicyclic) bond motifs is 16. The van der Waals surface area contributed by atoms with Gasteiger partial charge in [0, 0.05) is 0 Å². The van der Waals surface area contributed by atoms with E-state index in [1.54, 1.807) is 0 Å². The van der Waals surface area contributed by atoms with Crippen LogP contribution in [0.4, 0.5) is 0 Å². The molecule has 54 heavy (non-hydrogen) atoms. The second-order valence-corrected chi connectivity index (χ2v) is 15.1. The molecule has 0 unspecified atom stereocenters. The number of hydrogen-bond donors (Lipinski definition) is 0. The second kappa shape index (κ2) is 11.4. The molecule has 12 rings (SSSR count). The summed E-state index contributed by atoms with van der Waals surface area (Å²) in [4.78, 5) is 0. The van der Waals surface area contributed by atoms with Gasteiger partial charge in [-0.25, -0.2) is 0 Å². The second-order valence-electron chi connectivity index (χ2n) is 15.1. The molecule has 0 nitrogen and oxygen atoms in total. The first kappa shape index (κ1) is 29.8. The quantitative estimate of drug-likeness (QED) is 0.159. The Labute approximate surface area is 313 Å². The minimum absolute atomic E-state index is 1.10. The highest BCUT2D eigenvalue weighted by molar-refractivity contribution is 6.20. The van der Waals surface area contributed by atoms with Crippen molar-refractivity contribution in [2.24, 2.45) is 0 Å². The molecule has 0 heteroatoms. The van der Waals surface area contributed by atoms with Crippen molar-refractivity contribution in [1.29, 1.82) is 0 Å². The maximum absolute atomic E-state index is 2.43. The Morgan fingerprint density at radius 3 is 1.24 bits per heavy atom. The minimum Gasteiger partial charge on any atom is -0.0836 e. The summed E-state index contributed by atoms with van der Waals surface area (Å²) >= 11 is 0. The standard InChI is InChI=1S/C54H34/c1-2-8-41-33(7-1)19-25-47-46(41)24-20-34-13-16-37(29-51(34)47)38-17-14-35-21-27-49-48(52(35)30-38)26-22-36-15-18-39(31-53(36)49)40-23-28-50-44-11-4-3-9-42(44)43-10-5-6-12-45(43)54(50)32-40/h1-3,5-10,12-32H,4,11H2.